The second-order valence-electron chi connectivity index (χ2n) is 4.15. The summed E-state index contributed by atoms with van der Waals surface area (Å²) in [7, 11) is 1.54. The van der Waals surface area contributed by atoms with Crippen LogP contribution in [0.5, 0.6) is 5.75 Å². The number of carbonyl (C=O) groups is 1. The maximum Gasteiger partial charge on any atom is 0.176 e. The Morgan fingerprint density at radius 3 is 2.47 bits per heavy atom. The molecule has 19 heavy (non-hydrogen) atoms. The molecule has 0 aliphatic rings. The standard InChI is InChI=1S/C15H20N2O2/c1-4-8-17(9-5-2)11-14(18)12-6-7-15(19-3)13(16)10-12/h4-7,10H,1-2,8-9,11,16H2,3H3. The minimum Gasteiger partial charge on any atom is -0.495 e. The molecule has 0 saturated heterocycles. The molecule has 0 aliphatic carbocycles. The Labute approximate surface area is 114 Å². The van der Waals surface area contributed by atoms with Crippen molar-refractivity contribution in [1.29, 1.82) is 0 Å². The molecular weight excluding hydrogens is 240 g/mol. The van der Waals surface area contributed by atoms with Gasteiger partial charge in [-0.25, -0.2) is 0 Å². The molecule has 0 saturated carbocycles. The van der Waals surface area contributed by atoms with E-state index >= 15 is 0 Å². The fourth-order valence-electron chi connectivity index (χ4n) is 1.77. The van der Waals surface area contributed by atoms with Crippen molar-refractivity contribution in [3.8, 4) is 5.75 Å². The highest BCUT2D eigenvalue weighted by molar-refractivity contribution is 5.98. The van der Waals surface area contributed by atoms with Crippen LogP contribution in [-0.2, 0) is 0 Å². The molecule has 102 valence electrons. The Kier molecular flexibility index (Phi) is 5.82. The number of hydrogen-bond acceptors (Lipinski definition) is 4. The summed E-state index contributed by atoms with van der Waals surface area (Å²) in [6.07, 6.45) is 3.53. The second-order valence-corrected chi connectivity index (χ2v) is 4.15. The van der Waals surface area contributed by atoms with Gasteiger partial charge >= 0.3 is 0 Å². The lowest BCUT2D eigenvalue weighted by Crippen LogP contribution is -2.30. The van der Waals surface area contributed by atoms with Crippen molar-refractivity contribution in [2.75, 3.05) is 32.5 Å². The summed E-state index contributed by atoms with van der Waals surface area (Å²) in [5.41, 5.74) is 6.84. The Balaban J connectivity index is 2.78. The number of anilines is 1. The molecule has 0 aliphatic heterocycles. The number of nitrogens with zero attached hydrogens (tertiary/aromatic N) is 1. The van der Waals surface area contributed by atoms with E-state index in [9.17, 15) is 4.79 Å². The molecular formula is C15H20N2O2. The molecule has 2 N–H and O–H groups in total. The number of nitrogen functional groups attached to an aromatic ring is 1. The van der Waals surface area contributed by atoms with E-state index in [1.54, 1.807) is 37.5 Å². The van der Waals surface area contributed by atoms with E-state index in [2.05, 4.69) is 13.2 Å². The summed E-state index contributed by atoms with van der Waals surface area (Å²) in [6.45, 7) is 8.95. The van der Waals surface area contributed by atoms with E-state index in [1.165, 1.54) is 0 Å². The first-order chi connectivity index (χ1) is 9.12. The first-order valence-electron chi connectivity index (χ1n) is 6.03. The quantitative estimate of drug-likeness (QED) is 0.442. The van der Waals surface area contributed by atoms with Gasteiger partial charge in [0.1, 0.15) is 5.75 Å². The van der Waals surface area contributed by atoms with Crippen molar-refractivity contribution in [2.24, 2.45) is 0 Å². The molecule has 1 aromatic rings. The average Bonchev–Trinajstić information content (AvgIpc) is 2.39. The number of hydrogen-bond donors (Lipinski definition) is 1. The van der Waals surface area contributed by atoms with E-state index < -0.39 is 0 Å². The summed E-state index contributed by atoms with van der Waals surface area (Å²) < 4.78 is 5.06. The van der Waals surface area contributed by atoms with E-state index in [4.69, 9.17) is 10.5 Å². The number of Topliss-reactive ketones (excluding diaryl/α,β-unsaturated/α-hetero) is 1. The molecule has 0 spiro atoms. The fraction of sp³-hybridized carbons (Fsp3) is 0.267. The van der Waals surface area contributed by atoms with Crippen LogP contribution in [0, 0.1) is 0 Å². The van der Waals surface area contributed by atoms with Gasteiger partial charge in [-0.1, -0.05) is 12.2 Å². The Bertz CT molecular complexity index is 459. The highest BCUT2D eigenvalue weighted by atomic mass is 16.5. The topological polar surface area (TPSA) is 55.6 Å². The Morgan fingerprint density at radius 2 is 2.00 bits per heavy atom. The number of benzene rings is 1. The van der Waals surface area contributed by atoms with Crippen molar-refractivity contribution in [1.82, 2.24) is 4.90 Å². The van der Waals surface area contributed by atoms with Crippen LogP contribution in [0.4, 0.5) is 5.69 Å². The first kappa shape index (κ1) is 15.0. The minimum atomic E-state index is 0.0121. The van der Waals surface area contributed by atoms with Gasteiger partial charge in [-0.15, -0.1) is 13.2 Å². The highest BCUT2D eigenvalue weighted by Crippen LogP contribution is 2.22. The van der Waals surface area contributed by atoms with E-state index in [-0.39, 0.29) is 5.78 Å². The number of ether oxygens (including phenoxy) is 1. The predicted molar refractivity (Wildman–Crippen MR) is 78.6 cm³/mol. The summed E-state index contributed by atoms with van der Waals surface area (Å²) in [4.78, 5) is 14.1. The number of ketones is 1. The molecule has 4 nitrogen and oxygen atoms in total. The van der Waals surface area contributed by atoms with Gasteiger partial charge in [0, 0.05) is 18.7 Å². The molecule has 0 amide bonds. The smallest absolute Gasteiger partial charge is 0.176 e. The number of rotatable bonds is 8. The molecule has 1 aromatic carbocycles. The highest BCUT2D eigenvalue weighted by Gasteiger charge is 2.12. The van der Waals surface area contributed by atoms with Crippen molar-refractivity contribution in [2.45, 2.75) is 0 Å². The molecule has 1 rings (SSSR count). The van der Waals surface area contributed by atoms with Gasteiger partial charge in [-0.2, -0.15) is 0 Å². The largest absolute Gasteiger partial charge is 0.495 e. The van der Waals surface area contributed by atoms with Gasteiger partial charge in [0.15, 0.2) is 5.78 Å². The van der Waals surface area contributed by atoms with Gasteiger partial charge in [0.2, 0.25) is 0 Å². The summed E-state index contributed by atoms with van der Waals surface area (Å²) >= 11 is 0. The van der Waals surface area contributed by atoms with Crippen LogP contribution in [0.25, 0.3) is 0 Å². The fourth-order valence-corrected chi connectivity index (χ4v) is 1.77. The summed E-state index contributed by atoms with van der Waals surface area (Å²) in [5.74, 6) is 0.587. The lowest BCUT2D eigenvalue weighted by molar-refractivity contribution is 0.0945. The van der Waals surface area contributed by atoms with Gasteiger partial charge in [0.05, 0.1) is 19.3 Å². The lowest BCUT2D eigenvalue weighted by atomic mass is 10.1. The molecule has 0 unspecified atom stereocenters. The van der Waals surface area contributed by atoms with Crippen LogP contribution in [0.2, 0.25) is 0 Å². The van der Waals surface area contributed by atoms with Crippen LogP contribution >= 0.6 is 0 Å². The average molecular weight is 260 g/mol. The van der Waals surface area contributed by atoms with Crippen LogP contribution in [0.1, 0.15) is 10.4 Å². The lowest BCUT2D eigenvalue weighted by Gasteiger charge is -2.17. The van der Waals surface area contributed by atoms with E-state index in [1.807, 2.05) is 4.90 Å². The normalized spacial score (nSPS) is 10.2. The van der Waals surface area contributed by atoms with Gasteiger partial charge in [-0.05, 0) is 18.2 Å². The van der Waals surface area contributed by atoms with Gasteiger partial charge in [-0.3, -0.25) is 9.69 Å². The third-order valence-corrected chi connectivity index (χ3v) is 2.69. The molecule has 4 heteroatoms. The monoisotopic (exact) mass is 260 g/mol. The van der Waals surface area contributed by atoms with E-state index in [0.29, 0.717) is 36.6 Å². The Hall–Kier alpha value is -2.07. The zero-order valence-electron chi connectivity index (χ0n) is 11.3. The maximum atomic E-state index is 12.1. The SMILES string of the molecule is C=CCN(CC=C)CC(=O)c1ccc(OC)c(N)c1. The van der Waals surface area contributed by atoms with Crippen LogP contribution in [0.3, 0.4) is 0 Å². The molecule has 0 fully saturated rings. The third-order valence-electron chi connectivity index (χ3n) is 2.69. The van der Waals surface area contributed by atoms with Crippen molar-refractivity contribution < 1.29 is 9.53 Å². The van der Waals surface area contributed by atoms with Crippen molar-refractivity contribution >= 4 is 11.5 Å². The van der Waals surface area contributed by atoms with Crippen molar-refractivity contribution in [3.63, 3.8) is 0 Å². The number of nitrogens with two attached hydrogens (primary N) is 1. The zero-order chi connectivity index (χ0) is 14.3. The van der Waals surface area contributed by atoms with Crippen LogP contribution in [0.15, 0.2) is 43.5 Å². The Morgan fingerprint density at radius 1 is 1.37 bits per heavy atom. The molecule has 0 atom stereocenters. The molecule has 0 radical (unpaired) electrons. The van der Waals surface area contributed by atoms with Crippen molar-refractivity contribution in [3.05, 3.63) is 49.1 Å². The first-order valence-corrected chi connectivity index (χ1v) is 6.03. The molecule has 0 heterocycles. The van der Waals surface area contributed by atoms with Crippen LogP contribution in [-0.4, -0.2) is 37.4 Å². The van der Waals surface area contributed by atoms with Gasteiger partial charge < -0.3 is 10.5 Å². The van der Waals surface area contributed by atoms with Crippen LogP contribution < -0.4 is 10.5 Å². The summed E-state index contributed by atoms with van der Waals surface area (Å²) in [6, 6.07) is 5.06. The number of methoxy groups -OCH3 is 1. The zero-order valence-corrected chi connectivity index (χ0v) is 11.3. The molecule has 0 bridgehead atoms. The maximum absolute atomic E-state index is 12.1. The second kappa shape index (κ2) is 7.38. The molecule has 0 aromatic heterocycles. The minimum absolute atomic E-state index is 0.0121. The predicted octanol–water partition coefficient (Wildman–Crippen LogP) is 2.13. The third kappa shape index (κ3) is 4.26. The summed E-state index contributed by atoms with van der Waals surface area (Å²) in [5, 5.41) is 0. The van der Waals surface area contributed by atoms with Gasteiger partial charge in [0.25, 0.3) is 0 Å². The number of carbonyl (C=O) groups excluding carboxylic acids is 1. The van der Waals surface area contributed by atoms with E-state index in [0.717, 1.165) is 0 Å².